The number of ether oxygens (including phenoxy) is 2. The summed E-state index contributed by atoms with van der Waals surface area (Å²) in [5.41, 5.74) is 1.24. The molecule has 0 unspecified atom stereocenters. The number of para-hydroxylation sites is 2. The van der Waals surface area contributed by atoms with Crippen LogP contribution in [0.15, 0.2) is 118 Å². The Morgan fingerprint density at radius 3 is 1.84 bits per heavy atom. The van der Waals surface area contributed by atoms with E-state index in [9.17, 15) is 75.8 Å². The Hall–Kier alpha value is -8.01. The highest BCUT2D eigenvalue weighted by molar-refractivity contribution is 7.99. The molecule has 44 heteroatoms. The number of fused-ring (bicyclic) bond motifs is 6. The maximum atomic E-state index is 12.5. The monoisotopic (exact) mass is 1440 g/mol. The number of hydrogen-bond donors (Lipinski definition) is 7. The van der Waals surface area contributed by atoms with Crippen molar-refractivity contribution in [3.8, 4) is 23.4 Å². The maximum absolute atomic E-state index is 12.5. The first-order chi connectivity index (χ1) is 42.3. The second-order valence-corrected chi connectivity index (χ2v) is 28.2. The summed E-state index contributed by atoms with van der Waals surface area (Å²) < 4.78 is 224. The van der Waals surface area contributed by atoms with Crippen LogP contribution in [0, 0.1) is 18.3 Å². The van der Waals surface area contributed by atoms with Crippen LogP contribution in [0.3, 0.4) is 0 Å². The molecule has 0 aliphatic heterocycles. The standard InChI is InChI=1S/C46H42N10O16S6.CH4O3S.2O3S/c1-3-12-71-38-21-35(39(73-14-7-16-76(62,63)64)22-34(38)52-55-46-49-42-40(78(68,69)70)18-26-10-11-28(77(65,66)67)19-29(26)43(42)74-46)53-50-32-20-37(72-13-6-15-75(59,60)61)33(17-27(32)24-57)51-54-41-25(2)30(23-47)44-48-31-8-4-5-9-36(31)56(44)45(41)58;1-5(2,3)4;2*1-4(2)3/h4-5,8-11,17-22,57-58H,3,6-7,12-16,24H2,1-2H3,(H,59,60,61)(H,62,63,64)(H,65,66,67)(H,68,69,70);1H3,(H,2,3,4);;. The average Bonchev–Trinajstić information content (AvgIpc) is 1.66. The molecule has 0 saturated heterocycles. The lowest BCUT2D eigenvalue weighted by Crippen LogP contribution is -2.08. The molecule has 0 amide bonds. The van der Waals surface area contributed by atoms with E-state index < -0.39 is 106 Å². The Kier molecular flexibility index (Phi) is 25.4. The molecule has 0 saturated carbocycles. The first-order valence-electron chi connectivity index (χ1n) is 24.6. The summed E-state index contributed by atoms with van der Waals surface area (Å²) in [7, 11) is -28.2. The van der Waals surface area contributed by atoms with E-state index in [0.717, 1.165) is 41.3 Å². The highest BCUT2D eigenvalue weighted by Gasteiger charge is 2.25. The van der Waals surface area contributed by atoms with Gasteiger partial charge in [-0.25, -0.2) is 9.97 Å². The van der Waals surface area contributed by atoms with Crippen LogP contribution in [0.4, 0.5) is 33.6 Å². The van der Waals surface area contributed by atoms with Crippen LogP contribution in [-0.4, -0.2) is 151 Å². The van der Waals surface area contributed by atoms with E-state index in [1.165, 1.54) is 34.7 Å². The number of thiazole rings is 1. The molecule has 8 rings (SSSR count). The quantitative estimate of drug-likeness (QED) is 0.0148. The number of nitrogens with zero attached hydrogens (tertiary/aromatic N) is 10. The van der Waals surface area contributed by atoms with Crippen molar-refractivity contribution >= 4 is 166 Å². The molecule has 7 N–H and O–H groups in total. The van der Waals surface area contributed by atoms with Gasteiger partial charge in [0.25, 0.3) is 50.6 Å². The number of pyridine rings is 1. The van der Waals surface area contributed by atoms with Gasteiger partial charge in [-0.3, -0.25) is 27.2 Å². The zero-order valence-electron chi connectivity index (χ0n) is 46.4. The van der Waals surface area contributed by atoms with Gasteiger partial charge in [0, 0.05) is 33.5 Å². The molecule has 488 valence electrons. The zero-order chi connectivity index (χ0) is 68.0. The molecule has 0 aliphatic carbocycles. The summed E-state index contributed by atoms with van der Waals surface area (Å²) in [5, 5.41) is 58.6. The fraction of sp³-hybridized carbons (Fsp3) is 0.255. The van der Waals surface area contributed by atoms with Crippen molar-refractivity contribution in [3.63, 3.8) is 0 Å². The molecular weight excluding hydrogens is 1390 g/mol. The Balaban J connectivity index is 0.00000105. The largest absolute Gasteiger partial charge is 0.493 e. The number of hydrogen-bond acceptors (Lipinski definition) is 31. The van der Waals surface area contributed by atoms with Gasteiger partial charge in [-0.2, -0.15) is 52.5 Å². The number of imidazole rings is 1. The van der Waals surface area contributed by atoms with E-state index in [1.807, 2.05) is 6.92 Å². The van der Waals surface area contributed by atoms with Gasteiger partial charge in [0.1, 0.15) is 50.6 Å². The van der Waals surface area contributed by atoms with Crippen molar-refractivity contribution in [1.29, 1.82) is 5.26 Å². The lowest BCUT2D eigenvalue weighted by molar-refractivity contribution is 0.281. The summed E-state index contributed by atoms with van der Waals surface area (Å²) >= 11 is 1.84. The second kappa shape index (κ2) is 31.3. The molecule has 0 fully saturated rings. The fourth-order valence-electron chi connectivity index (χ4n) is 7.65. The molecule has 0 atom stereocenters. The molecule has 0 aliphatic rings. The molecule has 0 spiro atoms. The van der Waals surface area contributed by atoms with Crippen LogP contribution < -0.4 is 9.47 Å². The first-order valence-corrected chi connectivity index (χ1v) is 36.4. The molecule has 0 bridgehead atoms. The summed E-state index contributed by atoms with van der Waals surface area (Å²) in [6, 6.07) is 19.0. The van der Waals surface area contributed by atoms with Gasteiger partial charge in [-0.15, -0.1) is 62.6 Å². The van der Waals surface area contributed by atoms with Crippen LogP contribution in [-0.2, 0) is 78.4 Å². The average molecular weight is 1440 g/mol. The van der Waals surface area contributed by atoms with Crippen molar-refractivity contribution in [2.45, 2.75) is 54.4 Å². The third kappa shape index (κ3) is 21.8. The molecule has 8 aromatic rings. The molecule has 5 aromatic carbocycles. The molecule has 0 radical (unpaired) electrons. The van der Waals surface area contributed by atoms with Crippen LogP contribution in [0.25, 0.3) is 37.7 Å². The van der Waals surface area contributed by atoms with Gasteiger partial charge in [0.2, 0.25) is 11.0 Å². The Bertz CT molecular complexity index is 5050. The Morgan fingerprint density at radius 2 is 1.25 bits per heavy atom. The third-order valence-corrected chi connectivity index (χ3v) is 16.7. The molecule has 35 nitrogen and oxygen atoms in total. The van der Waals surface area contributed by atoms with E-state index in [1.54, 1.807) is 31.2 Å². The molecular formula is C47H46N10O25S9. The topological polar surface area (TPSA) is 561 Å². The molecule has 3 aromatic heterocycles. The van der Waals surface area contributed by atoms with E-state index in [0.29, 0.717) is 28.6 Å². The minimum absolute atomic E-state index is 0.0169. The van der Waals surface area contributed by atoms with Crippen LogP contribution in [0.5, 0.6) is 17.4 Å². The number of aromatic nitrogens is 3. The first kappa shape index (κ1) is 73.7. The predicted molar refractivity (Wildman–Crippen MR) is 323 cm³/mol. The number of azo groups is 3. The second-order valence-electron chi connectivity index (χ2n) is 17.9. The van der Waals surface area contributed by atoms with Crippen molar-refractivity contribution in [2.24, 2.45) is 30.7 Å². The van der Waals surface area contributed by atoms with E-state index in [2.05, 4.69) is 46.7 Å². The Morgan fingerprint density at radius 1 is 0.692 bits per heavy atom. The van der Waals surface area contributed by atoms with Crippen LogP contribution in [0.2, 0.25) is 0 Å². The number of aromatic hydroxyl groups is 1. The summed E-state index contributed by atoms with van der Waals surface area (Å²) in [5.74, 6) is -1.58. The molecule has 91 heavy (non-hydrogen) atoms. The van der Waals surface area contributed by atoms with E-state index >= 15 is 0 Å². The number of rotatable bonds is 22. The predicted octanol–water partition coefficient (Wildman–Crippen LogP) is 7.68. The van der Waals surface area contributed by atoms with Gasteiger partial charge in [-0.05, 0) is 79.8 Å². The number of aliphatic hydroxyl groups excluding tert-OH is 1. The smallest absolute Gasteiger partial charge is 0.425 e. The van der Waals surface area contributed by atoms with Gasteiger partial charge < -0.3 is 19.7 Å². The van der Waals surface area contributed by atoms with Crippen LogP contribution >= 0.6 is 23.1 Å². The van der Waals surface area contributed by atoms with Crippen molar-refractivity contribution in [2.75, 3.05) is 36.7 Å². The summed E-state index contributed by atoms with van der Waals surface area (Å²) in [6.07, 6.45) is 0.988. The lowest BCUT2D eigenvalue weighted by Gasteiger charge is -2.13. The van der Waals surface area contributed by atoms with Crippen molar-refractivity contribution < 1.29 is 110 Å². The number of thioether (sulfide) groups is 1. The maximum Gasteiger partial charge on any atom is 0.425 e. The number of nitriles is 1. The van der Waals surface area contributed by atoms with Gasteiger partial charge >= 0.3 is 21.2 Å². The highest BCUT2D eigenvalue weighted by Crippen LogP contribution is 2.46. The third-order valence-electron chi connectivity index (χ3n) is 11.2. The minimum Gasteiger partial charge on any atom is -0.493 e. The lowest BCUT2D eigenvalue weighted by atomic mass is 10.1. The zero-order valence-corrected chi connectivity index (χ0v) is 53.8. The van der Waals surface area contributed by atoms with Gasteiger partial charge in [-0.1, -0.05) is 36.5 Å². The SMILES string of the molecule is CCCOc1cc(N=Nc2cc(OCCCS(=O)(=O)O)c(N=Nc3c(C)c(C#N)c4nc5ccccc5n4c3O)cc2CO)c(SCCCS(=O)(=O)O)cc1N=Nc1nc2c(S(=O)(=O)O)cc3ccc(S(=O)(=O)O)cc3c2s1.CS(=O)(=O)O.O=S(=O)=O.O=S(=O)=O. The fourth-order valence-corrected chi connectivity index (χ4v) is 12.0. The van der Waals surface area contributed by atoms with Gasteiger partial charge in [0.05, 0.1) is 63.9 Å². The minimum atomic E-state index is -4.90. The summed E-state index contributed by atoms with van der Waals surface area (Å²) in [6.45, 7) is 2.52. The number of benzene rings is 5. The van der Waals surface area contributed by atoms with Crippen molar-refractivity contribution in [1.82, 2.24) is 14.4 Å². The van der Waals surface area contributed by atoms with Crippen molar-refractivity contribution in [3.05, 3.63) is 89.5 Å². The van der Waals surface area contributed by atoms with E-state index in [-0.39, 0.29) is 120 Å². The van der Waals surface area contributed by atoms with E-state index in [4.69, 9.17) is 39.3 Å². The van der Waals surface area contributed by atoms with Crippen LogP contribution in [0.1, 0.15) is 42.9 Å². The Labute approximate surface area is 526 Å². The highest BCUT2D eigenvalue weighted by atomic mass is 32.2. The normalized spacial score (nSPS) is 12.2. The molecule has 3 heterocycles. The van der Waals surface area contributed by atoms with Gasteiger partial charge in [0.15, 0.2) is 11.3 Å². The summed E-state index contributed by atoms with van der Waals surface area (Å²) in [4.78, 5) is 7.96. The number of aliphatic hydroxyl groups is 1.